The van der Waals surface area contributed by atoms with Gasteiger partial charge in [-0.2, -0.15) is 0 Å². The van der Waals surface area contributed by atoms with Gasteiger partial charge >= 0.3 is 0 Å². The molecule has 5 rings (SSSR count). The zero-order valence-corrected chi connectivity index (χ0v) is 15.3. The van der Waals surface area contributed by atoms with Gasteiger partial charge in [-0.25, -0.2) is 4.98 Å². The highest BCUT2D eigenvalue weighted by atomic mass is 16.5. The average molecular weight is 362 g/mol. The molecule has 3 aromatic heterocycles. The lowest BCUT2D eigenvalue weighted by Crippen LogP contribution is -2.08. The van der Waals surface area contributed by atoms with Crippen LogP contribution >= 0.6 is 0 Å². The molecule has 0 atom stereocenters. The van der Waals surface area contributed by atoms with Crippen LogP contribution in [0.4, 0.5) is 0 Å². The van der Waals surface area contributed by atoms with Crippen LogP contribution in [0.25, 0.3) is 28.5 Å². The Balaban J connectivity index is 1.79. The Morgan fingerprint density at radius 2 is 2.07 bits per heavy atom. The fraction of sp³-hybridized carbons (Fsp3) is 0.263. The minimum atomic E-state index is 0.388. The van der Waals surface area contributed by atoms with Crippen molar-refractivity contribution in [1.82, 2.24) is 29.5 Å². The Bertz CT molecular complexity index is 1150. The van der Waals surface area contributed by atoms with Crippen LogP contribution in [0.3, 0.4) is 0 Å². The molecule has 0 N–H and O–H groups in total. The van der Waals surface area contributed by atoms with E-state index in [1.54, 1.807) is 7.11 Å². The van der Waals surface area contributed by atoms with E-state index in [4.69, 9.17) is 9.26 Å². The molecule has 1 aliphatic heterocycles. The van der Waals surface area contributed by atoms with Crippen molar-refractivity contribution in [2.45, 2.75) is 27.0 Å². The van der Waals surface area contributed by atoms with Crippen molar-refractivity contribution in [3.05, 3.63) is 53.4 Å². The van der Waals surface area contributed by atoms with Gasteiger partial charge in [0.05, 0.1) is 23.6 Å². The van der Waals surface area contributed by atoms with Gasteiger partial charge in [0.2, 0.25) is 0 Å². The number of fused-ring (bicyclic) bond motifs is 5. The summed E-state index contributed by atoms with van der Waals surface area (Å²) in [4.78, 5) is 4.62. The summed E-state index contributed by atoms with van der Waals surface area (Å²) in [6.07, 6.45) is 1.83. The molecule has 8 nitrogen and oxygen atoms in total. The van der Waals surface area contributed by atoms with Gasteiger partial charge in [0.25, 0.3) is 0 Å². The second-order valence-corrected chi connectivity index (χ2v) is 6.72. The molecule has 0 saturated heterocycles. The number of hydrogen-bond acceptors (Lipinski definition) is 6. The van der Waals surface area contributed by atoms with Gasteiger partial charge < -0.3 is 13.8 Å². The Hall–Kier alpha value is -3.26. The van der Waals surface area contributed by atoms with Gasteiger partial charge in [0, 0.05) is 18.7 Å². The summed E-state index contributed by atoms with van der Waals surface area (Å²) in [5.74, 6) is 2.25. The van der Waals surface area contributed by atoms with Gasteiger partial charge in [-0.3, -0.25) is 4.57 Å². The van der Waals surface area contributed by atoms with Crippen molar-refractivity contribution >= 4 is 0 Å². The fourth-order valence-corrected chi connectivity index (χ4v) is 3.54. The molecule has 136 valence electrons. The van der Waals surface area contributed by atoms with E-state index in [0.29, 0.717) is 18.9 Å². The molecule has 4 aromatic rings. The Kier molecular flexibility index (Phi) is 3.48. The number of imidazole rings is 1. The largest absolute Gasteiger partial charge is 0.377 e. The van der Waals surface area contributed by atoms with E-state index in [0.717, 1.165) is 45.5 Å². The topological polar surface area (TPSA) is 83.8 Å². The lowest BCUT2D eigenvalue weighted by molar-refractivity contribution is 0.174. The van der Waals surface area contributed by atoms with Crippen molar-refractivity contribution in [2.75, 3.05) is 7.11 Å². The number of benzene rings is 1. The smallest absolute Gasteiger partial charge is 0.187 e. The quantitative estimate of drug-likeness (QED) is 0.491. The molecule has 27 heavy (non-hydrogen) atoms. The number of aromatic nitrogens is 6. The van der Waals surface area contributed by atoms with Crippen LogP contribution in [0.1, 0.15) is 22.8 Å². The van der Waals surface area contributed by atoms with E-state index in [2.05, 4.69) is 54.6 Å². The summed E-state index contributed by atoms with van der Waals surface area (Å²) >= 11 is 0. The van der Waals surface area contributed by atoms with Gasteiger partial charge in [0.1, 0.15) is 18.6 Å². The first-order chi connectivity index (χ1) is 13.2. The standard InChI is InChI=1S/C19H18N6O2/c1-11-4-5-14-13(6-11)19-22-21-17(9-26-3)24(19)8-15-18(20-10-25(14)15)16-7-12(2)23-27-16/h4-7,10H,8-9H2,1-3H3. The summed E-state index contributed by atoms with van der Waals surface area (Å²) in [5, 5.41) is 12.8. The summed E-state index contributed by atoms with van der Waals surface area (Å²) in [7, 11) is 1.66. The lowest BCUT2D eigenvalue weighted by Gasteiger charge is -2.09. The van der Waals surface area contributed by atoms with Crippen LogP contribution in [0.15, 0.2) is 35.1 Å². The van der Waals surface area contributed by atoms with Crippen molar-refractivity contribution in [3.63, 3.8) is 0 Å². The SMILES string of the molecule is COCc1nnc2n1Cc1c(-c3cc(C)no3)ncn1-c1ccc(C)cc1-2. The van der Waals surface area contributed by atoms with Crippen molar-refractivity contribution in [2.24, 2.45) is 0 Å². The van der Waals surface area contributed by atoms with E-state index in [1.165, 1.54) is 0 Å². The molecule has 0 amide bonds. The number of hydrogen-bond donors (Lipinski definition) is 0. The third kappa shape index (κ3) is 2.41. The number of nitrogens with zero attached hydrogens (tertiary/aromatic N) is 6. The molecule has 4 heterocycles. The van der Waals surface area contributed by atoms with Crippen LogP contribution in [-0.4, -0.2) is 36.6 Å². The highest BCUT2D eigenvalue weighted by molar-refractivity contribution is 5.72. The summed E-state index contributed by atoms with van der Waals surface area (Å²) in [6, 6.07) is 8.20. The lowest BCUT2D eigenvalue weighted by atomic mass is 10.1. The first-order valence-corrected chi connectivity index (χ1v) is 8.68. The number of ether oxygens (including phenoxy) is 1. The number of aryl methyl sites for hydroxylation is 2. The zero-order chi connectivity index (χ0) is 18.5. The van der Waals surface area contributed by atoms with Crippen molar-refractivity contribution in [3.8, 4) is 28.5 Å². The van der Waals surface area contributed by atoms with Crippen LogP contribution < -0.4 is 0 Å². The predicted molar refractivity (Wildman–Crippen MR) is 97.4 cm³/mol. The number of methoxy groups -OCH3 is 1. The maximum atomic E-state index is 5.48. The Labute approximate surface area is 155 Å². The zero-order valence-electron chi connectivity index (χ0n) is 15.3. The van der Waals surface area contributed by atoms with Crippen molar-refractivity contribution < 1.29 is 9.26 Å². The summed E-state index contributed by atoms with van der Waals surface area (Å²) < 4.78 is 15.0. The molecule has 0 bridgehead atoms. The highest BCUT2D eigenvalue weighted by Gasteiger charge is 2.27. The average Bonchev–Trinajstić information content (AvgIpc) is 3.34. The van der Waals surface area contributed by atoms with Gasteiger partial charge in [0.15, 0.2) is 17.4 Å². The van der Waals surface area contributed by atoms with E-state index >= 15 is 0 Å². The van der Waals surface area contributed by atoms with E-state index in [-0.39, 0.29) is 0 Å². The number of rotatable bonds is 3. The predicted octanol–water partition coefficient (Wildman–Crippen LogP) is 2.91. The molecular weight excluding hydrogens is 344 g/mol. The summed E-state index contributed by atoms with van der Waals surface area (Å²) in [6.45, 7) is 4.91. The second-order valence-electron chi connectivity index (χ2n) is 6.72. The minimum absolute atomic E-state index is 0.388. The van der Waals surface area contributed by atoms with Gasteiger partial charge in [-0.1, -0.05) is 16.8 Å². The van der Waals surface area contributed by atoms with Crippen LogP contribution in [-0.2, 0) is 17.9 Å². The third-order valence-corrected chi connectivity index (χ3v) is 4.79. The molecule has 8 heteroatoms. The minimum Gasteiger partial charge on any atom is -0.377 e. The van der Waals surface area contributed by atoms with E-state index < -0.39 is 0 Å². The van der Waals surface area contributed by atoms with Crippen LogP contribution in [0.2, 0.25) is 0 Å². The Morgan fingerprint density at radius 1 is 1.19 bits per heavy atom. The first-order valence-electron chi connectivity index (χ1n) is 8.68. The first kappa shape index (κ1) is 16.0. The molecule has 1 aromatic carbocycles. The second kappa shape index (κ2) is 5.88. The van der Waals surface area contributed by atoms with Crippen LogP contribution in [0, 0.1) is 13.8 Å². The fourth-order valence-electron chi connectivity index (χ4n) is 3.54. The Morgan fingerprint density at radius 3 is 2.85 bits per heavy atom. The normalized spacial score (nSPS) is 12.4. The van der Waals surface area contributed by atoms with Gasteiger partial charge in [-0.15, -0.1) is 10.2 Å². The molecule has 0 spiro atoms. The molecular formula is C19H18N6O2. The van der Waals surface area contributed by atoms with E-state index in [1.807, 2.05) is 19.3 Å². The molecule has 0 unspecified atom stereocenters. The maximum absolute atomic E-state index is 5.48. The van der Waals surface area contributed by atoms with Crippen molar-refractivity contribution in [1.29, 1.82) is 0 Å². The molecule has 0 fully saturated rings. The monoisotopic (exact) mass is 362 g/mol. The molecule has 0 saturated carbocycles. The van der Waals surface area contributed by atoms with Crippen LogP contribution in [0.5, 0.6) is 0 Å². The summed E-state index contributed by atoms with van der Waals surface area (Å²) in [5.41, 5.74) is 5.77. The van der Waals surface area contributed by atoms with Gasteiger partial charge in [-0.05, 0) is 26.0 Å². The molecule has 1 aliphatic rings. The van der Waals surface area contributed by atoms with E-state index in [9.17, 15) is 0 Å². The third-order valence-electron chi connectivity index (χ3n) is 4.79. The molecule has 0 aliphatic carbocycles. The highest BCUT2D eigenvalue weighted by Crippen LogP contribution is 2.35. The maximum Gasteiger partial charge on any atom is 0.187 e. The molecule has 0 radical (unpaired) electrons.